The molecular weight excluding hydrogens is 452 g/mol. The number of hydrogen-bond acceptors (Lipinski definition) is 5. The van der Waals surface area contributed by atoms with Crippen molar-refractivity contribution in [2.45, 2.75) is 71.4 Å². The van der Waals surface area contributed by atoms with E-state index < -0.39 is 5.97 Å². The highest BCUT2D eigenvalue weighted by atomic mass is 35.5. The molecule has 0 spiro atoms. The lowest BCUT2D eigenvalue weighted by atomic mass is 9.87. The van der Waals surface area contributed by atoms with Crippen LogP contribution >= 0.6 is 11.6 Å². The van der Waals surface area contributed by atoms with Crippen molar-refractivity contribution in [3.05, 3.63) is 64.1 Å². The number of aromatic nitrogens is 2. The van der Waals surface area contributed by atoms with Crippen LogP contribution in [0.15, 0.2) is 36.5 Å². The number of nitrogens with zero attached hydrogens (tertiary/aromatic N) is 1. The lowest BCUT2D eigenvalue weighted by Gasteiger charge is -2.31. The third-order valence-electron chi connectivity index (χ3n) is 6.40. The van der Waals surface area contributed by atoms with Crippen LogP contribution in [0.5, 0.6) is 0 Å². The van der Waals surface area contributed by atoms with Crippen molar-refractivity contribution < 1.29 is 14.3 Å². The lowest BCUT2D eigenvalue weighted by molar-refractivity contribution is 0.0519. The first-order valence-corrected chi connectivity index (χ1v) is 12.4. The molecule has 0 aliphatic heterocycles. The van der Waals surface area contributed by atoms with Crippen LogP contribution in [0.4, 0.5) is 0 Å². The van der Waals surface area contributed by atoms with Gasteiger partial charge in [-0.05, 0) is 75.5 Å². The van der Waals surface area contributed by atoms with E-state index in [0.29, 0.717) is 12.5 Å². The fourth-order valence-corrected chi connectivity index (χ4v) is 4.39. The monoisotopic (exact) mass is 486 g/mol. The number of esters is 1. The van der Waals surface area contributed by atoms with Gasteiger partial charge in [-0.3, -0.25) is 9.89 Å². The zero-order chi connectivity index (χ0) is 24.7. The van der Waals surface area contributed by atoms with Crippen molar-refractivity contribution in [3.8, 4) is 0 Å². The van der Waals surface area contributed by atoms with Crippen LogP contribution in [-0.4, -0.2) is 40.8 Å². The second-order valence-electron chi connectivity index (χ2n) is 9.16. The summed E-state index contributed by atoms with van der Waals surface area (Å²) < 4.78 is 4.96. The van der Waals surface area contributed by atoms with Crippen molar-refractivity contribution in [2.75, 3.05) is 6.61 Å². The van der Waals surface area contributed by atoms with Gasteiger partial charge in [-0.25, -0.2) is 4.79 Å². The molecule has 8 heteroatoms. The minimum atomic E-state index is -0.542. The van der Waals surface area contributed by atoms with Crippen molar-refractivity contribution in [1.29, 1.82) is 0 Å². The topological polar surface area (TPSA) is 96.1 Å². The second kappa shape index (κ2) is 12.1. The van der Waals surface area contributed by atoms with E-state index in [2.05, 4.69) is 40.4 Å². The number of rotatable bonds is 10. The molecule has 1 fully saturated rings. The minimum absolute atomic E-state index is 0.130. The Morgan fingerprint density at radius 2 is 2.00 bits per heavy atom. The molecule has 1 unspecified atom stereocenters. The van der Waals surface area contributed by atoms with E-state index in [1.54, 1.807) is 6.92 Å². The van der Waals surface area contributed by atoms with Gasteiger partial charge >= 0.3 is 5.97 Å². The quantitative estimate of drug-likeness (QED) is 0.412. The van der Waals surface area contributed by atoms with Gasteiger partial charge in [0, 0.05) is 22.8 Å². The molecule has 3 rings (SSSR count). The maximum absolute atomic E-state index is 13.0. The number of ether oxygens (including phenoxy) is 1. The van der Waals surface area contributed by atoms with Gasteiger partial charge in [0.15, 0.2) is 5.69 Å². The molecule has 1 aromatic heterocycles. The lowest BCUT2D eigenvalue weighted by Crippen LogP contribution is -2.44. The third kappa shape index (κ3) is 7.10. The summed E-state index contributed by atoms with van der Waals surface area (Å²) in [6, 6.07) is 7.48. The van der Waals surface area contributed by atoms with Gasteiger partial charge in [0.1, 0.15) is 5.69 Å². The average Bonchev–Trinajstić information content (AvgIpc) is 3.31. The second-order valence-corrected chi connectivity index (χ2v) is 9.57. The van der Waals surface area contributed by atoms with Crippen LogP contribution in [0.1, 0.15) is 78.1 Å². The number of carbonyl (C=O) groups excluding carboxylic acids is 2. The molecule has 0 bridgehead atoms. The van der Waals surface area contributed by atoms with E-state index >= 15 is 0 Å². The molecule has 1 aromatic carbocycles. The summed E-state index contributed by atoms with van der Waals surface area (Å²) in [7, 11) is 0. The first kappa shape index (κ1) is 25.8. The zero-order valence-corrected chi connectivity index (χ0v) is 21.0. The molecule has 1 atom stereocenters. The molecule has 0 saturated heterocycles. The van der Waals surface area contributed by atoms with Crippen LogP contribution in [0.3, 0.4) is 0 Å². The van der Waals surface area contributed by atoms with E-state index in [1.807, 2.05) is 19.1 Å². The Balaban J connectivity index is 1.69. The molecule has 0 radical (unpaired) electrons. The molecule has 1 saturated carbocycles. The summed E-state index contributed by atoms with van der Waals surface area (Å²) in [6.07, 6.45) is 5.94. The smallest absolute Gasteiger partial charge is 0.356 e. The predicted molar refractivity (Wildman–Crippen MR) is 134 cm³/mol. The molecule has 34 heavy (non-hydrogen) atoms. The number of aromatic amines is 1. The third-order valence-corrected chi connectivity index (χ3v) is 6.80. The summed E-state index contributed by atoms with van der Waals surface area (Å²) in [6.45, 7) is 10.5. The Bertz CT molecular complexity index is 1010. The Morgan fingerprint density at radius 3 is 2.68 bits per heavy atom. The van der Waals surface area contributed by atoms with Gasteiger partial charge in [0.2, 0.25) is 0 Å². The largest absolute Gasteiger partial charge is 0.461 e. The minimum Gasteiger partial charge on any atom is -0.461 e. The Morgan fingerprint density at radius 1 is 1.26 bits per heavy atom. The van der Waals surface area contributed by atoms with E-state index in [1.165, 1.54) is 18.9 Å². The SMILES string of the molecule is C=C(NC1CCC(C)CC1)C(CCc1ccc(C)c(Cl)c1)NC(=O)c1cc(C(=O)OCC)[nH]n1. The maximum atomic E-state index is 13.0. The molecule has 1 heterocycles. The first-order chi connectivity index (χ1) is 16.3. The highest BCUT2D eigenvalue weighted by molar-refractivity contribution is 6.31. The van der Waals surface area contributed by atoms with Gasteiger partial charge < -0.3 is 15.4 Å². The number of nitrogens with one attached hydrogen (secondary N) is 3. The van der Waals surface area contributed by atoms with E-state index in [9.17, 15) is 9.59 Å². The molecule has 184 valence electrons. The normalized spacial score (nSPS) is 18.7. The average molecular weight is 487 g/mol. The van der Waals surface area contributed by atoms with E-state index in [4.69, 9.17) is 16.3 Å². The molecule has 1 amide bonds. The summed E-state index contributed by atoms with van der Waals surface area (Å²) >= 11 is 6.30. The van der Waals surface area contributed by atoms with Gasteiger partial charge in [-0.15, -0.1) is 0 Å². The fourth-order valence-electron chi connectivity index (χ4n) is 4.19. The van der Waals surface area contributed by atoms with Crippen molar-refractivity contribution in [1.82, 2.24) is 20.8 Å². The van der Waals surface area contributed by atoms with Crippen molar-refractivity contribution in [2.24, 2.45) is 5.92 Å². The number of H-pyrrole nitrogens is 1. The number of amides is 1. The summed E-state index contributed by atoms with van der Waals surface area (Å²) in [5, 5.41) is 13.9. The molecule has 2 aromatic rings. The molecule has 1 aliphatic carbocycles. The van der Waals surface area contributed by atoms with Gasteiger partial charge in [0.25, 0.3) is 5.91 Å². The number of aryl methyl sites for hydroxylation is 2. The number of benzene rings is 1. The van der Waals surface area contributed by atoms with E-state index in [-0.39, 0.29) is 29.9 Å². The Hall–Kier alpha value is -2.80. The van der Waals surface area contributed by atoms with Gasteiger partial charge in [0.05, 0.1) is 12.6 Å². The Labute approximate surface area is 206 Å². The molecule has 1 aliphatic rings. The highest BCUT2D eigenvalue weighted by Crippen LogP contribution is 2.25. The van der Waals surface area contributed by atoms with Gasteiger partial charge in [-0.2, -0.15) is 5.10 Å². The first-order valence-electron chi connectivity index (χ1n) is 12.0. The van der Waals surface area contributed by atoms with Crippen LogP contribution in [-0.2, 0) is 11.2 Å². The summed E-state index contributed by atoms with van der Waals surface area (Å²) in [4.78, 5) is 24.9. The number of carbonyl (C=O) groups is 2. The fraction of sp³-hybridized carbons (Fsp3) is 0.500. The number of halogens is 1. The molecule has 7 nitrogen and oxygen atoms in total. The molecule has 3 N–H and O–H groups in total. The number of hydrogen-bond donors (Lipinski definition) is 3. The highest BCUT2D eigenvalue weighted by Gasteiger charge is 2.24. The van der Waals surface area contributed by atoms with Crippen LogP contribution in [0, 0.1) is 12.8 Å². The standard InChI is InChI=1S/C26H35ClN4O3/c1-5-34-26(33)24-15-23(30-31-24)25(32)29-22(13-10-19-9-8-17(3)21(27)14-19)18(4)28-20-11-6-16(2)7-12-20/h8-9,14-16,20,22,28H,4-7,10-13H2,1-3H3,(H,29,32)(H,30,31). The maximum Gasteiger partial charge on any atom is 0.356 e. The van der Waals surface area contributed by atoms with Gasteiger partial charge in [-0.1, -0.05) is 37.2 Å². The van der Waals surface area contributed by atoms with Crippen molar-refractivity contribution >= 4 is 23.5 Å². The zero-order valence-electron chi connectivity index (χ0n) is 20.2. The van der Waals surface area contributed by atoms with E-state index in [0.717, 1.165) is 47.0 Å². The molecular formula is C26H35ClN4O3. The summed E-state index contributed by atoms with van der Waals surface area (Å²) in [5.41, 5.74) is 3.19. The van der Waals surface area contributed by atoms with Crippen LogP contribution in [0.2, 0.25) is 5.02 Å². The summed E-state index contributed by atoms with van der Waals surface area (Å²) in [5.74, 6) is -0.167. The van der Waals surface area contributed by atoms with Crippen LogP contribution in [0.25, 0.3) is 0 Å². The van der Waals surface area contributed by atoms with Crippen molar-refractivity contribution in [3.63, 3.8) is 0 Å². The van der Waals surface area contributed by atoms with Crippen LogP contribution < -0.4 is 10.6 Å². The predicted octanol–water partition coefficient (Wildman–Crippen LogP) is 4.96. The Kier molecular flexibility index (Phi) is 9.16.